The van der Waals surface area contributed by atoms with E-state index in [0.29, 0.717) is 17.0 Å². The Morgan fingerprint density at radius 1 is 0.867 bits per heavy atom. The lowest BCUT2D eigenvalue weighted by molar-refractivity contribution is 0.113. The predicted molar refractivity (Wildman–Crippen MR) is 122 cm³/mol. The SMILES string of the molecule is CCCCCC1CC[C@@H]2C[C@H](c3ccc(-c4ccc(Cl)c(F)c4)c(F)c3)CC[C@@H]2C1. The number of benzene rings is 2. The van der Waals surface area contributed by atoms with Gasteiger partial charge in [0.25, 0.3) is 0 Å². The average molecular weight is 431 g/mol. The summed E-state index contributed by atoms with van der Waals surface area (Å²) in [6.07, 6.45) is 13.3. The molecule has 0 saturated heterocycles. The zero-order valence-corrected chi connectivity index (χ0v) is 18.7. The van der Waals surface area contributed by atoms with E-state index in [2.05, 4.69) is 6.92 Å². The molecule has 0 spiro atoms. The monoisotopic (exact) mass is 430 g/mol. The summed E-state index contributed by atoms with van der Waals surface area (Å²) >= 11 is 5.76. The lowest BCUT2D eigenvalue weighted by atomic mass is 9.63. The maximum Gasteiger partial charge on any atom is 0.142 e. The van der Waals surface area contributed by atoms with Gasteiger partial charge in [-0.05, 0) is 85.1 Å². The predicted octanol–water partition coefficient (Wildman–Crippen LogP) is 9.17. The van der Waals surface area contributed by atoms with Crippen LogP contribution < -0.4 is 0 Å². The van der Waals surface area contributed by atoms with Gasteiger partial charge in [-0.2, -0.15) is 0 Å². The highest BCUT2D eigenvalue weighted by atomic mass is 35.5. The third kappa shape index (κ3) is 4.90. The molecule has 162 valence electrons. The quantitative estimate of drug-likeness (QED) is 0.400. The Morgan fingerprint density at radius 2 is 1.67 bits per heavy atom. The van der Waals surface area contributed by atoms with Crippen molar-refractivity contribution in [3.63, 3.8) is 0 Å². The first-order valence-corrected chi connectivity index (χ1v) is 12.2. The van der Waals surface area contributed by atoms with Gasteiger partial charge in [0.15, 0.2) is 0 Å². The van der Waals surface area contributed by atoms with Crippen LogP contribution in [0.5, 0.6) is 0 Å². The molecule has 2 aliphatic carbocycles. The molecule has 0 aromatic heterocycles. The van der Waals surface area contributed by atoms with Gasteiger partial charge < -0.3 is 0 Å². The Balaban J connectivity index is 1.40. The zero-order chi connectivity index (χ0) is 21.1. The number of hydrogen-bond acceptors (Lipinski definition) is 0. The van der Waals surface area contributed by atoms with Gasteiger partial charge in [0, 0.05) is 5.56 Å². The number of rotatable bonds is 6. The highest BCUT2D eigenvalue weighted by Crippen LogP contribution is 2.48. The van der Waals surface area contributed by atoms with Crippen LogP contribution in [0.25, 0.3) is 11.1 Å². The highest BCUT2D eigenvalue weighted by Gasteiger charge is 2.35. The van der Waals surface area contributed by atoms with Crippen LogP contribution in [0.2, 0.25) is 5.02 Å². The van der Waals surface area contributed by atoms with Crippen LogP contribution in [-0.4, -0.2) is 0 Å². The molecule has 4 rings (SSSR count). The molecule has 2 aliphatic rings. The first-order valence-electron chi connectivity index (χ1n) is 11.8. The molecule has 2 aromatic carbocycles. The van der Waals surface area contributed by atoms with Crippen molar-refractivity contribution in [2.24, 2.45) is 17.8 Å². The van der Waals surface area contributed by atoms with Crippen LogP contribution in [0, 0.1) is 29.4 Å². The van der Waals surface area contributed by atoms with Gasteiger partial charge in [0.2, 0.25) is 0 Å². The van der Waals surface area contributed by atoms with E-state index in [1.165, 1.54) is 69.9 Å². The third-order valence-electron chi connectivity index (χ3n) is 7.63. The van der Waals surface area contributed by atoms with Crippen LogP contribution in [0.1, 0.15) is 82.6 Å². The first-order chi connectivity index (χ1) is 14.5. The molecule has 0 radical (unpaired) electrons. The molecule has 3 heteroatoms. The molecular formula is C27H33ClF2. The highest BCUT2D eigenvalue weighted by molar-refractivity contribution is 6.30. The fourth-order valence-corrected chi connectivity index (χ4v) is 6.03. The molecule has 2 fully saturated rings. The lowest BCUT2D eigenvalue weighted by Crippen LogP contribution is -2.30. The summed E-state index contributed by atoms with van der Waals surface area (Å²) in [4.78, 5) is 0. The van der Waals surface area contributed by atoms with Crippen molar-refractivity contribution in [1.82, 2.24) is 0 Å². The van der Waals surface area contributed by atoms with E-state index in [-0.39, 0.29) is 10.8 Å². The first kappa shape index (κ1) is 21.8. The Hall–Kier alpha value is -1.41. The molecule has 4 atom stereocenters. The Morgan fingerprint density at radius 3 is 2.43 bits per heavy atom. The van der Waals surface area contributed by atoms with Crippen molar-refractivity contribution in [2.45, 2.75) is 77.0 Å². The van der Waals surface area contributed by atoms with Gasteiger partial charge in [0.1, 0.15) is 11.6 Å². The number of halogens is 3. The summed E-state index contributed by atoms with van der Waals surface area (Å²) in [5.41, 5.74) is 2.08. The number of unbranched alkanes of at least 4 members (excludes halogenated alkanes) is 2. The maximum atomic E-state index is 14.9. The Kier molecular flexibility index (Phi) is 7.13. The number of hydrogen-bond donors (Lipinski definition) is 0. The molecule has 30 heavy (non-hydrogen) atoms. The summed E-state index contributed by atoms with van der Waals surface area (Å²) in [6.45, 7) is 2.28. The molecule has 2 saturated carbocycles. The second-order valence-corrected chi connectivity index (χ2v) is 9.98. The minimum absolute atomic E-state index is 0.0626. The van der Waals surface area contributed by atoms with Crippen LogP contribution in [0.15, 0.2) is 36.4 Å². The molecule has 0 amide bonds. The molecule has 2 aromatic rings. The minimum atomic E-state index is -0.513. The standard InChI is InChI=1S/C27H33ClF2/c1-2-3-4-5-18-6-7-20-15-21(9-8-19(20)14-18)22-10-12-24(26(29)16-22)23-11-13-25(28)27(30)17-23/h10-13,16-21H,2-9,14-15H2,1H3/t18?,19-,20-,21-/m1/s1. The summed E-state index contributed by atoms with van der Waals surface area (Å²) < 4.78 is 28.7. The summed E-state index contributed by atoms with van der Waals surface area (Å²) in [6, 6.07) is 10.0. The van der Waals surface area contributed by atoms with Crippen LogP contribution >= 0.6 is 11.6 Å². The van der Waals surface area contributed by atoms with Crippen molar-refractivity contribution in [3.05, 3.63) is 58.6 Å². The summed E-state index contributed by atoms with van der Waals surface area (Å²) in [5, 5.41) is 0.0626. The van der Waals surface area contributed by atoms with Gasteiger partial charge >= 0.3 is 0 Å². The summed E-state index contributed by atoms with van der Waals surface area (Å²) in [5.74, 6) is 2.29. The summed E-state index contributed by atoms with van der Waals surface area (Å²) in [7, 11) is 0. The van der Waals surface area contributed by atoms with Crippen molar-refractivity contribution in [3.8, 4) is 11.1 Å². The second kappa shape index (κ2) is 9.81. The number of fused-ring (bicyclic) bond motifs is 1. The minimum Gasteiger partial charge on any atom is -0.206 e. The van der Waals surface area contributed by atoms with Crippen molar-refractivity contribution < 1.29 is 8.78 Å². The van der Waals surface area contributed by atoms with E-state index in [4.69, 9.17) is 11.6 Å². The molecule has 0 bridgehead atoms. The van der Waals surface area contributed by atoms with Crippen molar-refractivity contribution in [2.75, 3.05) is 0 Å². The fraction of sp³-hybridized carbons (Fsp3) is 0.556. The normalized spacial score (nSPS) is 26.4. The van der Waals surface area contributed by atoms with Gasteiger partial charge in [-0.3, -0.25) is 0 Å². The van der Waals surface area contributed by atoms with E-state index >= 15 is 0 Å². The molecular weight excluding hydrogens is 398 g/mol. The Bertz CT molecular complexity index is 862. The van der Waals surface area contributed by atoms with E-state index in [1.54, 1.807) is 12.1 Å². The van der Waals surface area contributed by atoms with Gasteiger partial charge in [-0.15, -0.1) is 0 Å². The average Bonchev–Trinajstić information content (AvgIpc) is 2.75. The van der Waals surface area contributed by atoms with E-state index in [9.17, 15) is 8.78 Å². The van der Waals surface area contributed by atoms with Gasteiger partial charge in [-0.1, -0.05) is 68.8 Å². The molecule has 0 N–H and O–H groups in total. The maximum absolute atomic E-state index is 14.9. The fourth-order valence-electron chi connectivity index (χ4n) is 5.92. The Labute approximate surface area is 185 Å². The topological polar surface area (TPSA) is 0 Å². The van der Waals surface area contributed by atoms with Gasteiger partial charge in [-0.25, -0.2) is 8.78 Å². The molecule has 0 heterocycles. The van der Waals surface area contributed by atoms with E-state index in [1.807, 2.05) is 12.1 Å². The lowest BCUT2D eigenvalue weighted by Gasteiger charge is -2.42. The van der Waals surface area contributed by atoms with Crippen molar-refractivity contribution in [1.29, 1.82) is 0 Å². The zero-order valence-electron chi connectivity index (χ0n) is 18.0. The van der Waals surface area contributed by atoms with Crippen LogP contribution in [-0.2, 0) is 0 Å². The smallest absolute Gasteiger partial charge is 0.142 e. The van der Waals surface area contributed by atoms with Gasteiger partial charge in [0.05, 0.1) is 5.02 Å². The second-order valence-electron chi connectivity index (χ2n) is 9.57. The molecule has 0 aliphatic heterocycles. The molecule has 0 nitrogen and oxygen atoms in total. The largest absolute Gasteiger partial charge is 0.206 e. The molecule has 1 unspecified atom stereocenters. The van der Waals surface area contributed by atoms with E-state index < -0.39 is 5.82 Å². The van der Waals surface area contributed by atoms with Crippen LogP contribution in [0.4, 0.5) is 8.78 Å². The van der Waals surface area contributed by atoms with Crippen molar-refractivity contribution >= 4 is 11.6 Å². The third-order valence-corrected chi connectivity index (χ3v) is 7.94. The van der Waals surface area contributed by atoms with E-state index in [0.717, 1.165) is 29.7 Å². The van der Waals surface area contributed by atoms with Crippen LogP contribution in [0.3, 0.4) is 0 Å².